The number of sulfonamides is 1. The molecule has 1 aliphatic rings. The maximum Gasteiger partial charge on any atom is 0.289 e. The Kier molecular flexibility index (Phi) is 6.68. The number of hydrogen-bond acceptors (Lipinski definition) is 6. The summed E-state index contributed by atoms with van der Waals surface area (Å²) in [7, 11) is -3.95. The summed E-state index contributed by atoms with van der Waals surface area (Å²) in [5.74, 6) is -0.0886. The third-order valence-corrected chi connectivity index (χ3v) is 6.34. The Bertz CT molecular complexity index is 760. The highest BCUT2D eigenvalue weighted by molar-refractivity contribution is 7.89. The molecule has 9 nitrogen and oxygen atoms in total. The largest absolute Gasteiger partial charge is 0.353 e. The average molecular weight is 384 g/mol. The minimum atomic E-state index is -3.95. The predicted octanol–water partition coefficient (Wildman–Crippen LogP) is 0.816. The number of carbonyl (C=O) groups is 1. The molecule has 0 unspecified atom stereocenters. The Hall–Kier alpha value is -2.04. The molecule has 1 aromatic rings. The molecule has 0 bridgehead atoms. The number of benzene rings is 1. The van der Waals surface area contributed by atoms with Gasteiger partial charge in [-0.3, -0.25) is 19.8 Å². The Balaban J connectivity index is 2.01. The van der Waals surface area contributed by atoms with Crippen molar-refractivity contribution < 1.29 is 18.1 Å². The predicted molar refractivity (Wildman–Crippen MR) is 96.2 cm³/mol. The summed E-state index contributed by atoms with van der Waals surface area (Å²) in [6.45, 7) is 5.29. The standard InChI is InChI=1S/C16H24N4O5S/c1-3-13(2)17-16(21)12-18-8-10-19(11-9-18)26(24,25)15-7-5-4-6-14(15)20(22)23/h4-7,13H,3,8-12H2,1-2H3,(H,17,21)/t13-/m0/s1. The monoisotopic (exact) mass is 384 g/mol. The highest BCUT2D eigenvalue weighted by Gasteiger charge is 2.33. The maximum atomic E-state index is 12.7. The number of piperazine rings is 1. The molecule has 144 valence electrons. The van der Waals surface area contributed by atoms with Gasteiger partial charge in [-0.05, 0) is 19.4 Å². The summed E-state index contributed by atoms with van der Waals surface area (Å²) in [6, 6.07) is 5.44. The Labute approximate surface area is 153 Å². The molecular formula is C16H24N4O5S. The van der Waals surface area contributed by atoms with Crippen LogP contribution in [0.25, 0.3) is 0 Å². The van der Waals surface area contributed by atoms with Crippen molar-refractivity contribution >= 4 is 21.6 Å². The fourth-order valence-electron chi connectivity index (χ4n) is 2.72. The number of amides is 1. The third kappa shape index (κ3) is 4.77. The lowest BCUT2D eigenvalue weighted by Crippen LogP contribution is -2.51. The molecule has 1 fully saturated rings. The molecule has 0 saturated carbocycles. The van der Waals surface area contributed by atoms with Crippen molar-refractivity contribution in [3.63, 3.8) is 0 Å². The molecule has 1 amide bonds. The zero-order chi connectivity index (χ0) is 19.3. The first-order valence-corrected chi connectivity index (χ1v) is 9.95. The van der Waals surface area contributed by atoms with Gasteiger partial charge in [-0.2, -0.15) is 4.31 Å². The maximum absolute atomic E-state index is 12.7. The minimum absolute atomic E-state index is 0.0886. The molecule has 1 aliphatic heterocycles. The Morgan fingerprint density at radius 3 is 2.46 bits per heavy atom. The van der Waals surface area contributed by atoms with E-state index in [9.17, 15) is 23.3 Å². The highest BCUT2D eigenvalue weighted by atomic mass is 32.2. The summed E-state index contributed by atoms with van der Waals surface area (Å²) >= 11 is 0. The van der Waals surface area contributed by atoms with Crippen LogP contribution in [0.4, 0.5) is 5.69 Å². The van der Waals surface area contributed by atoms with E-state index in [0.29, 0.717) is 13.1 Å². The SMILES string of the molecule is CC[C@H](C)NC(=O)CN1CCN(S(=O)(=O)c2ccccc2[N+](=O)[O-])CC1. The molecular weight excluding hydrogens is 360 g/mol. The van der Waals surface area contributed by atoms with Crippen LogP contribution in [0.5, 0.6) is 0 Å². The zero-order valence-corrected chi connectivity index (χ0v) is 15.7. The van der Waals surface area contributed by atoms with Crippen LogP contribution in [0, 0.1) is 10.1 Å². The van der Waals surface area contributed by atoms with Gasteiger partial charge in [-0.1, -0.05) is 19.1 Å². The van der Waals surface area contributed by atoms with Crippen LogP contribution in [-0.4, -0.2) is 67.2 Å². The summed E-state index contributed by atoms with van der Waals surface area (Å²) in [5.41, 5.74) is -0.428. The third-order valence-electron chi connectivity index (χ3n) is 4.40. The average Bonchev–Trinajstić information content (AvgIpc) is 2.61. The molecule has 1 N–H and O–H groups in total. The van der Waals surface area contributed by atoms with Gasteiger partial charge in [0.15, 0.2) is 4.90 Å². The first-order chi connectivity index (χ1) is 12.3. The van der Waals surface area contributed by atoms with E-state index in [2.05, 4.69) is 5.32 Å². The summed E-state index contributed by atoms with van der Waals surface area (Å²) < 4.78 is 26.7. The lowest BCUT2D eigenvalue weighted by atomic mass is 10.2. The number of nitro benzene ring substituents is 1. The number of nitro groups is 1. The van der Waals surface area contributed by atoms with Crippen LogP contribution in [0.2, 0.25) is 0 Å². The fraction of sp³-hybridized carbons (Fsp3) is 0.562. The van der Waals surface area contributed by atoms with Crippen molar-refractivity contribution in [2.24, 2.45) is 0 Å². The first kappa shape index (κ1) is 20.3. The van der Waals surface area contributed by atoms with Crippen LogP contribution in [0.1, 0.15) is 20.3 Å². The Morgan fingerprint density at radius 2 is 1.88 bits per heavy atom. The normalized spacial score (nSPS) is 17.6. The van der Waals surface area contributed by atoms with Crippen LogP contribution in [-0.2, 0) is 14.8 Å². The van der Waals surface area contributed by atoms with Gasteiger partial charge >= 0.3 is 0 Å². The topological polar surface area (TPSA) is 113 Å². The van der Waals surface area contributed by atoms with Crippen molar-refractivity contribution in [3.8, 4) is 0 Å². The van der Waals surface area contributed by atoms with E-state index < -0.39 is 20.6 Å². The van der Waals surface area contributed by atoms with Crippen molar-refractivity contribution in [2.75, 3.05) is 32.7 Å². The first-order valence-electron chi connectivity index (χ1n) is 8.51. The molecule has 1 heterocycles. The molecule has 0 aliphatic carbocycles. The summed E-state index contributed by atoms with van der Waals surface area (Å²) in [5, 5.41) is 14.0. The van der Waals surface area contributed by atoms with E-state index in [-0.39, 0.29) is 36.5 Å². The number of hydrogen-bond donors (Lipinski definition) is 1. The second kappa shape index (κ2) is 8.56. The van der Waals surface area contributed by atoms with Crippen molar-refractivity contribution in [1.82, 2.24) is 14.5 Å². The quantitative estimate of drug-likeness (QED) is 0.550. The van der Waals surface area contributed by atoms with Gasteiger partial charge in [-0.15, -0.1) is 0 Å². The van der Waals surface area contributed by atoms with E-state index in [1.165, 1.54) is 28.6 Å². The number of nitrogens with zero attached hydrogens (tertiary/aromatic N) is 3. The number of rotatable bonds is 7. The van der Waals surface area contributed by atoms with Crippen LogP contribution in [0.3, 0.4) is 0 Å². The smallest absolute Gasteiger partial charge is 0.289 e. The van der Waals surface area contributed by atoms with E-state index in [4.69, 9.17) is 0 Å². The van der Waals surface area contributed by atoms with Crippen molar-refractivity contribution in [3.05, 3.63) is 34.4 Å². The van der Waals surface area contributed by atoms with Gasteiger partial charge in [0.05, 0.1) is 11.5 Å². The number of carbonyl (C=O) groups excluding carboxylic acids is 1. The van der Waals surface area contributed by atoms with Gasteiger partial charge < -0.3 is 5.32 Å². The number of nitrogens with one attached hydrogen (secondary N) is 1. The van der Waals surface area contributed by atoms with E-state index in [1.807, 2.05) is 18.7 Å². The van der Waals surface area contributed by atoms with E-state index >= 15 is 0 Å². The summed E-state index contributed by atoms with van der Waals surface area (Å²) in [6.07, 6.45) is 0.841. The molecule has 1 atom stereocenters. The second-order valence-electron chi connectivity index (χ2n) is 6.28. The zero-order valence-electron chi connectivity index (χ0n) is 14.9. The van der Waals surface area contributed by atoms with E-state index in [1.54, 1.807) is 0 Å². The van der Waals surface area contributed by atoms with Crippen LogP contribution < -0.4 is 5.32 Å². The molecule has 0 aromatic heterocycles. The van der Waals surface area contributed by atoms with E-state index in [0.717, 1.165) is 6.42 Å². The molecule has 0 spiro atoms. The van der Waals surface area contributed by atoms with Gasteiger partial charge in [0, 0.05) is 38.3 Å². The van der Waals surface area contributed by atoms with Crippen LogP contribution >= 0.6 is 0 Å². The number of para-hydroxylation sites is 1. The van der Waals surface area contributed by atoms with Crippen LogP contribution in [0.15, 0.2) is 29.2 Å². The molecule has 1 aromatic carbocycles. The molecule has 26 heavy (non-hydrogen) atoms. The minimum Gasteiger partial charge on any atom is -0.353 e. The van der Waals surface area contributed by atoms with Gasteiger partial charge in [0.25, 0.3) is 5.69 Å². The molecule has 10 heteroatoms. The lowest BCUT2D eigenvalue weighted by molar-refractivity contribution is -0.387. The van der Waals surface area contributed by atoms with Gasteiger partial charge in [-0.25, -0.2) is 8.42 Å². The molecule has 2 rings (SSSR count). The van der Waals surface area contributed by atoms with Crippen molar-refractivity contribution in [1.29, 1.82) is 0 Å². The fourth-order valence-corrected chi connectivity index (χ4v) is 4.30. The van der Waals surface area contributed by atoms with Crippen molar-refractivity contribution in [2.45, 2.75) is 31.2 Å². The molecule has 1 saturated heterocycles. The summed E-state index contributed by atoms with van der Waals surface area (Å²) in [4.78, 5) is 23.9. The molecule has 0 radical (unpaired) electrons. The second-order valence-corrected chi connectivity index (χ2v) is 8.19. The van der Waals surface area contributed by atoms with Gasteiger partial charge in [0.2, 0.25) is 15.9 Å². The highest BCUT2D eigenvalue weighted by Crippen LogP contribution is 2.26. The lowest BCUT2D eigenvalue weighted by Gasteiger charge is -2.33. The Morgan fingerprint density at radius 1 is 1.27 bits per heavy atom. The van der Waals surface area contributed by atoms with Gasteiger partial charge in [0.1, 0.15) is 0 Å².